The number of rotatable bonds is 4. The second-order valence-electron chi connectivity index (χ2n) is 3.20. The van der Waals surface area contributed by atoms with Gasteiger partial charge in [-0.25, -0.2) is 13.2 Å². The average molecular weight is 275 g/mol. The lowest BCUT2D eigenvalue weighted by Crippen LogP contribution is -2.24. The van der Waals surface area contributed by atoms with Gasteiger partial charge in [-0.2, -0.15) is 9.64 Å². The van der Waals surface area contributed by atoms with Crippen LogP contribution in [-0.2, 0) is 10.0 Å². The number of sulfonamides is 1. The van der Waals surface area contributed by atoms with E-state index in [1.807, 2.05) is 0 Å². The van der Waals surface area contributed by atoms with Crippen LogP contribution in [0.15, 0.2) is 0 Å². The Labute approximate surface area is 102 Å². The lowest BCUT2D eigenvalue weighted by atomic mass is 10.2. The molecule has 0 aromatic carbocycles. The Kier molecular flexibility index (Phi) is 3.69. The first kappa shape index (κ1) is 13.4. The van der Waals surface area contributed by atoms with Crippen molar-refractivity contribution in [3.05, 3.63) is 11.3 Å². The number of carboxylic acids is 1. The SMILES string of the molecule is Cc1nsc(NS(=O)(=O)C(C)C#N)c1C(=O)O. The van der Waals surface area contributed by atoms with Crippen molar-refractivity contribution in [2.24, 2.45) is 0 Å². The summed E-state index contributed by atoms with van der Waals surface area (Å²) in [6.45, 7) is 2.67. The summed E-state index contributed by atoms with van der Waals surface area (Å²) in [4.78, 5) is 10.9. The van der Waals surface area contributed by atoms with Crippen molar-refractivity contribution in [3.63, 3.8) is 0 Å². The number of nitrogens with zero attached hydrogens (tertiary/aromatic N) is 2. The van der Waals surface area contributed by atoms with Gasteiger partial charge in [0.1, 0.15) is 10.6 Å². The van der Waals surface area contributed by atoms with Crippen molar-refractivity contribution in [1.82, 2.24) is 4.37 Å². The van der Waals surface area contributed by atoms with Crippen LogP contribution in [0, 0.1) is 18.3 Å². The van der Waals surface area contributed by atoms with Crippen molar-refractivity contribution < 1.29 is 18.3 Å². The van der Waals surface area contributed by atoms with Gasteiger partial charge in [0.15, 0.2) is 5.25 Å². The Bertz CT molecular complexity index is 584. The van der Waals surface area contributed by atoms with Crippen molar-refractivity contribution in [2.45, 2.75) is 19.1 Å². The molecule has 0 radical (unpaired) electrons. The maximum atomic E-state index is 11.6. The molecule has 92 valence electrons. The first-order chi connectivity index (χ1) is 7.79. The fourth-order valence-electron chi connectivity index (χ4n) is 0.978. The highest BCUT2D eigenvalue weighted by atomic mass is 32.2. The normalized spacial score (nSPS) is 12.8. The highest BCUT2D eigenvalue weighted by molar-refractivity contribution is 7.93. The Morgan fingerprint density at radius 3 is 2.71 bits per heavy atom. The van der Waals surface area contributed by atoms with Gasteiger partial charge < -0.3 is 5.11 Å². The van der Waals surface area contributed by atoms with Gasteiger partial charge in [0.05, 0.1) is 11.8 Å². The third-order valence-electron chi connectivity index (χ3n) is 1.96. The van der Waals surface area contributed by atoms with E-state index in [9.17, 15) is 13.2 Å². The summed E-state index contributed by atoms with van der Waals surface area (Å²) in [5, 5.41) is 16.1. The molecule has 7 nitrogen and oxygen atoms in total. The molecule has 0 fully saturated rings. The Balaban J connectivity index is 3.14. The zero-order valence-corrected chi connectivity index (χ0v) is 10.6. The van der Waals surface area contributed by atoms with Crippen LogP contribution in [0.1, 0.15) is 23.0 Å². The number of aromatic carboxylic acids is 1. The van der Waals surface area contributed by atoms with Crippen LogP contribution in [0.3, 0.4) is 0 Å². The lowest BCUT2D eigenvalue weighted by molar-refractivity contribution is 0.0697. The van der Waals surface area contributed by atoms with Crippen LogP contribution in [-0.4, -0.2) is 29.1 Å². The van der Waals surface area contributed by atoms with Gasteiger partial charge in [-0.3, -0.25) is 4.72 Å². The summed E-state index contributed by atoms with van der Waals surface area (Å²) in [5.41, 5.74) is 0.0357. The van der Waals surface area contributed by atoms with Crippen molar-refractivity contribution in [3.8, 4) is 6.07 Å². The first-order valence-electron chi connectivity index (χ1n) is 4.40. The molecule has 1 aromatic rings. The maximum absolute atomic E-state index is 11.6. The van der Waals surface area contributed by atoms with Crippen LogP contribution >= 0.6 is 11.5 Å². The number of carbonyl (C=O) groups is 1. The smallest absolute Gasteiger partial charge is 0.340 e. The third kappa shape index (κ3) is 2.72. The zero-order valence-electron chi connectivity index (χ0n) is 8.96. The molecule has 2 N–H and O–H groups in total. The van der Waals surface area contributed by atoms with Crippen LogP contribution < -0.4 is 4.72 Å². The van der Waals surface area contributed by atoms with E-state index < -0.39 is 21.2 Å². The molecule has 0 aliphatic rings. The molecule has 17 heavy (non-hydrogen) atoms. The number of nitrogens with one attached hydrogen (secondary N) is 1. The molecular weight excluding hydrogens is 266 g/mol. The largest absolute Gasteiger partial charge is 0.478 e. The Hall–Kier alpha value is -1.66. The molecule has 0 amide bonds. The summed E-state index contributed by atoms with van der Waals surface area (Å²) in [7, 11) is -3.91. The van der Waals surface area contributed by atoms with E-state index in [1.54, 1.807) is 6.07 Å². The topological polar surface area (TPSA) is 120 Å². The zero-order chi connectivity index (χ0) is 13.2. The van der Waals surface area contributed by atoms with Gasteiger partial charge in [0.2, 0.25) is 10.0 Å². The van der Waals surface area contributed by atoms with E-state index in [4.69, 9.17) is 10.4 Å². The summed E-state index contributed by atoms with van der Waals surface area (Å²) in [5.74, 6) is -1.27. The highest BCUT2D eigenvalue weighted by Gasteiger charge is 2.25. The first-order valence-corrected chi connectivity index (χ1v) is 6.72. The van der Waals surface area contributed by atoms with E-state index in [0.29, 0.717) is 0 Å². The second kappa shape index (κ2) is 4.68. The minimum Gasteiger partial charge on any atom is -0.478 e. The second-order valence-corrected chi connectivity index (χ2v) is 5.97. The summed E-state index contributed by atoms with van der Waals surface area (Å²) in [6, 6.07) is 1.57. The predicted molar refractivity (Wildman–Crippen MR) is 61.4 cm³/mol. The van der Waals surface area contributed by atoms with Gasteiger partial charge in [-0.15, -0.1) is 0 Å². The lowest BCUT2D eigenvalue weighted by Gasteiger charge is -2.07. The quantitative estimate of drug-likeness (QED) is 0.838. The summed E-state index contributed by atoms with van der Waals surface area (Å²) >= 11 is 0.729. The molecule has 1 unspecified atom stereocenters. The Morgan fingerprint density at radius 1 is 1.65 bits per heavy atom. The fourth-order valence-corrected chi connectivity index (χ4v) is 2.80. The minimum absolute atomic E-state index is 0.0860. The molecule has 1 aromatic heterocycles. The molecule has 1 atom stereocenters. The molecular formula is C8H9N3O4S2. The average Bonchev–Trinajstić information content (AvgIpc) is 2.57. The molecule has 0 aliphatic carbocycles. The number of aryl methyl sites for hydroxylation is 1. The molecule has 1 rings (SSSR count). The van der Waals surface area contributed by atoms with E-state index in [-0.39, 0.29) is 16.3 Å². The molecule has 0 aliphatic heterocycles. The van der Waals surface area contributed by atoms with Gasteiger partial charge in [-0.1, -0.05) is 0 Å². The van der Waals surface area contributed by atoms with Gasteiger partial charge >= 0.3 is 5.97 Å². The standard InChI is InChI=1S/C8H9N3O4S2/c1-4(3-9)17(14,15)11-7-6(8(12)13)5(2)10-16-7/h4,11H,1-2H3,(H,12,13). The van der Waals surface area contributed by atoms with Gasteiger partial charge in [0.25, 0.3) is 0 Å². The maximum Gasteiger partial charge on any atom is 0.340 e. The number of anilines is 1. The monoisotopic (exact) mass is 275 g/mol. The summed E-state index contributed by atoms with van der Waals surface area (Å²) < 4.78 is 29.0. The van der Waals surface area contributed by atoms with Crippen molar-refractivity contribution in [2.75, 3.05) is 4.72 Å². The number of nitriles is 1. The summed E-state index contributed by atoms with van der Waals surface area (Å²) in [6.07, 6.45) is 0. The fraction of sp³-hybridized carbons (Fsp3) is 0.375. The predicted octanol–water partition coefficient (Wildman–Crippen LogP) is 0.803. The van der Waals surface area contributed by atoms with Crippen molar-refractivity contribution >= 4 is 32.5 Å². The van der Waals surface area contributed by atoms with Crippen LogP contribution in [0.25, 0.3) is 0 Å². The number of aromatic nitrogens is 1. The molecule has 0 saturated heterocycles. The molecule has 0 saturated carbocycles. The highest BCUT2D eigenvalue weighted by Crippen LogP contribution is 2.26. The van der Waals surface area contributed by atoms with Gasteiger partial charge in [0, 0.05) is 0 Å². The van der Waals surface area contributed by atoms with Crippen LogP contribution in [0.2, 0.25) is 0 Å². The van der Waals surface area contributed by atoms with E-state index in [1.165, 1.54) is 13.8 Å². The number of hydrogen-bond acceptors (Lipinski definition) is 6. The molecule has 0 bridgehead atoms. The van der Waals surface area contributed by atoms with Gasteiger partial charge in [-0.05, 0) is 25.4 Å². The van der Waals surface area contributed by atoms with Crippen LogP contribution in [0.5, 0.6) is 0 Å². The van der Waals surface area contributed by atoms with Crippen LogP contribution in [0.4, 0.5) is 5.00 Å². The molecule has 1 heterocycles. The van der Waals surface area contributed by atoms with E-state index in [2.05, 4.69) is 9.10 Å². The van der Waals surface area contributed by atoms with Crippen molar-refractivity contribution in [1.29, 1.82) is 5.26 Å². The molecule has 0 spiro atoms. The number of carboxylic acid groups (broad SMARTS) is 1. The minimum atomic E-state index is -3.91. The van der Waals surface area contributed by atoms with E-state index in [0.717, 1.165) is 11.5 Å². The third-order valence-corrected chi connectivity index (χ3v) is 4.47. The molecule has 9 heteroatoms. The Morgan fingerprint density at radius 2 is 2.24 bits per heavy atom. The number of hydrogen-bond donors (Lipinski definition) is 2. The van der Waals surface area contributed by atoms with E-state index >= 15 is 0 Å².